The molecule has 0 unspecified atom stereocenters. The number of alkyl halides is 1. The number of anilines is 1. The maximum Gasteiger partial charge on any atom is 0.205 e. The molecule has 0 radical (unpaired) electrons. The summed E-state index contributed by atoms with van der Waals surface area (Å²) >= 11 is 0. The molecule has 1 saturated heterocycles. The first-order valence-corrected chi connectivity index (χ1v) is 4.72. The third-order valence-corrected chi connectivity index (χ3v) is 2.55. The second-order valence-corrected chi connectivity index (χ2v) is 3.88. The highest BCUT2D eigenvalue weighted by Crippen LogP contribution is 2.19. The van der Waals surface area contributed by atoms with Gasteiger partial charge in [0.25, 0.3) is 0 Å². The van der Waals surface area contributed by atoms with Crippen molar-refractivity contribution < 1.29 is 4.39 Å². The summed E-state index contributed by atoms with van der Waals surface area (Å²) in [5.41, 5.74) is 6.55. The van der Waals surface area contributed by atoms with Crippen molar-refractivity contribution in [3.63, 3.8) is 0 Å². The van der Waals surface area contributed by atoms with Crippen LogP contribution in [0.25, 0.3) is 0 Å². The van der Waals surface area contributed by atoms with Gasteiger partial charge in [-0.15, -0.1) is 0 Å². The summed E-state index contributed by atoms with van der Waals surface area (Å²) in [7, 11) is 1.91. The fourth-order valence-corrected chi connectivity index (χ4v) is 1.85. The molecule has 1 fully saturated rings. The van der Waals surface area contributed by atoms with E-state index >= 15 is 0 Å². The van der Waals surface area contributed by atoms with Gasteiger partial charge in [-0.3, -0.25) is 0 Å². The monoisotopic (exact) mass is 198 g/mol. The van der Waals surface area contributed by atoms with Gasteiger partial charge in [0.1, 0.15) is 6.17 Å². The van der Waals surface area contributed by atoms with Crippen LogP contribution in [-0.2, 0) is 7.05 Å². The number of nitrogens with two attached hydrogens (primary N) is 1. The summed E-state index contributed by atoms with van der Waals surface area (Å²) in [5.74, 6) is 0.804. The van der Waals surface area contributed by atoms with Crippen molar-refractivity contribution >= 4 is 5.95 Å². The second kappa shape index (κ2) is 3.24. The SMILES string of the molecule is Cc1cn(C)c(N2C[C@H](N)[C@@H](F)C2)n1. The highest BCUT2D eigenvalue weighted by Gasteiger charge is 2.31. The van der Waals surface area contributed by atoms with Crippen LogP contribution in [0.1, 0.15) is 5.69 Å². The van der Waals surface area contributed by atoms with Gasteiger partial charge < -0.3 is 15.2 Å². The molecule has 0 saturated carbocycles. The zero-order valence-electron chi connectivity index (χ0n) is 8.44. The largest absolute Gasteiger partial charge is 0.338 e. The van der Waals surface area contributed by atoms with Gasteiger partial charge in [-0.2, -0.15) is 0 Å². The first-order chi connectivity index (χ1) is 6.58. The highest BCUT2D eigenvalue weighted by molar-refractivity contribution is 5.36. The predicted octanol–water partition coefficient (Wildman–Crippen LogP) is 0.214. The van der Waals surface area contributed by atoms with Gasteiger partial charge in [-0.05, 0) is 6.92 Å². The fraction of sp³-hybridized carbons (Fsp3) is 0.667. The predicted molar refractivity (Wildman–Crippen MR) is 53.0 cm³/mol. The number of aromatic nitrogens is 2. The Morgan fingerprint density at radius 1 is 1.57 bits per heavy atom. The number of rotatable bonds is 1. The lowest BCUT2D eigenvalue weighted by atomic mass is 10.3. The molecule has 5 heteroatoms. The first-order valence-electron chi connectivity index (χ1n) is 4.72. The maximum absolute atomic E-state index is 13.2. The molecular formula is C9H15FN4. The quantitative estimate of drug-likeness (QED) is 0.702. The maximum atomic E-state index is 13.2. The molecule has 2 N–H and O–H groups in total. The molecule has 0 spiro atoms. The minimum Gasteiger partial charge on any atom is -0.338 e. The summed E-state index contributed by atoms with van der Waals surface area (Å²) in [5, 5.41) is 0. The molecule has 0 aliphatic carbocycles. The molecule has 2 heterocycles. The van der Waals surface area contributed by atoms with Gasteiger partial charge in [0.05, 0.1) is 18.3 Å². The van der Waals surface area contributed by atoms with Crippen molar-refractivity contribution in [2.45, 2.75) is 19.1 Å². The average Bonchev–Trinajstić information content (AvgIpc) is 2.57. The summed E-state index contributed by atoms with van der Waals surface area (Å²) in [6.45, 7) is 2.82. The van der Waals surface area contributed by atoms with E-state index in [-0.39, 0.29) is 6.04 Å². The number of imidazole rings is 1. The zero-order valence-corrected chi connectivity index (χ0v) is 8.44. The molecule has 78 valence electrons. The van der Waals surface area contributed by atoms with Crippen LogP contribution in [0.3, 0.4) is 0 Å². The lowest BCUT2D eigenvalue weighted by Crippen LogP contribution is -2.30. The summed E-state index contributed by atoms with van der Waals surface area (Å²) in [6, 6.07) is -0.382. The smallest absolute Gasteiger partial charge is 0.205 e. The van der Waals surface area contributed by atoms with E-state index in [1.54, 1.807) is 0 Å². The van der Waals surface area contributed by atoms with Crippen molar-refractivity contribution in [3.8, 4) is 0 Å². The molecule has 2 atom stereocenters. The van der Waals surface area contributed by atoms with E-state index in [9.17, 15) is 4.39 Å². The van der Waals surface area contributed by atoms with Crippen LogP contribution in [0.4, 0.5) is 10.3 Å². The molecule has 4 nitrogen and oxygen atoms in total. The minimum absolute atomic E-state index is 0.353. The summed E-state index contributed by atoms with van der Waals surface area (Å²) in [4.78, 5) is 6.22. The number of hydrogen-bond donors (Lipinski definition) is 1. The fourth-order valence-electron chi connectivity index (χ4n) is 1.85. The molecule has 0 aromatic carbocycles. The molecule has 1 aliphatic rings. The van der Waals surface area contributed by atoms with Gasteiger partial charge in [0.15, 0.2) is 0 Å². The van der Waals surface area contributed by atoms with E-state index in [1.807, 2.05) is 29.6 Å². The Bertz CT molecular complexity index is 326. The Kier molecular flexibility index (Phi) is 2.19. The van der Waals surface area contributed by atoms with Crippen molar-refractivity contribution in [1.82, 2.24) is 9.55 Å². The molecule has 14 heavy (non-hydrogen) atoms. The normalized spacial score (nSPS) is 27.3. The van der Waals surface area contributed by atoms with Crippen molar-refractivity contribution in [3.05, 3.63) is 11.9 Å². The Morgan fingerprint density at radius 3 is 2.71 bits per heavy atom. The van der Waals surface area contributed by atoms with E-state index < -0.39 is 6.17 Å². The topological polar surface area (TPSA) is 47.1 Å². The van der Waals surface area contributed by atoms with E-state index in [0.717, 1.165) is 11.6 Å². The number of halogens is 1. The first kappa shape index (κ1) is 9.45. The molecular weight excluding hydrogens is 183 g/mol. The van der Waals surface area contributed by atoms with Crippen LogP contribution >= 0.6 is 0 Å². The van der Waals surface area contributed by atoms with Crippen LogP contribution in [0.5, 0.6) is 0 Å². The molecule has 0 amide bonds. The van der Waals surface area contributed by atoms with Crippen LogP contribution in [-0.4, -0.2) is 34.9 Å². The standard InChI is InChI=1S/C9H15FN4/c1-6-3-13(2)9(12-6)14-4-7(10)8(11)5-14/h3,7-8H,4-5,11H2,1-2H3/t7-,8-/m0/s1. The lowest BCUT2D eigenvalue weighted by molar-refractivity contribution is 0.333. The Labute approximate surface area is 82.5 Å². The van der Waals surface area contributed by atoms with Crippen LogP contribution in [0.15, 0.2) is 6.20 Å². The van der Waals surface area contributed by atoms with Crippen molar-refractivity contribution in [2.24, 2.45) is 12.8 Å². The van der Waals surface area contributed by atoms with E-state index in [2.05, 4.69) is 4.98 Å². The van der Waals surface area contributed by atoms with E-state index in [0.29, 0.717) is 13.1 Å². The lowest BCUT2D eigenvalue weighted by Gasteiger charge is -2.15. The van der Waals surface area contributed by atoms with E-state index in [1.165, 1.54) is 0 Å². The number of hydrogen-bond acceptors (Lipinski definition) is 3. The van der Waals surface area contributed by atoms with Gasteiger partial charge in [-0.25, -0.2) is 9.37 Å². The van der Waals surface area contributed by atoms with Gasteiger partial charge in [0, 0.05) is 19.8 Å². The zero-order chi connectivity index (χ0) is 10.3. The average molecular weight is 198 g/mol. The Balaban J connectivity index is 2.20. The van der Waals surface area contributed by atoms with Crippen LogP contribution in [0.2, 0.25) is 0 Å². The number of nitrogens with zero attached hydrogens (tertiary/aromatic N) is 3. The number of aryl methyl sites for hydroxylation is 2. The minimum atomic E-state index is -0.938. The summed E-state index contributed by atoms with van der Waals surface area (Å²) < 4.78 is 15.1. The third kappa shape index (κ3) is 1.48. The van der Waals surface area contributed by atoms with Gasteiger partial charge >= 0.3 is 0 Å². The Hall–Kier alpha value is -1.10. The second-order valence-electron chi connectivity index (χ2n) is 3.88. The van der Waals surface area contributed by atoms with Crippen LogP contribution in [0, 0.1) is 6.92 Å². The molecule has 1 aromatic rings. The van der Waals surface area contributed by atoms with Gasteiger partial charge in [-0.1, -0.05) is 0 Å². The molecule has 1 aromatic heterocycles. The molecule has 2 rings (SSSR count). The summed E-state index contributed by atoms with van der Waals surface area (Å²) in [6.07, 6.45) is 0.985. The van der Waals surface area contributed by atoms with Crippen molar-refractivity contribution in [2.75, 3.05) is 18.0 Å². The molecule has 1 aliphatic heterocycles. The van der Waals surface area contributed by atoms with Crippen LogP contribution < -0.4 is 10.6 Å². The molecule has 0 bridgehead atoms. The highest BCUT2D eigenvalue weighted by atomic mass is 19.1. The van der Waals surface area contributed by atoms with Gasteiger partial charge in [0.2, 0.25) is 5.95 Å². The van der Waals surface area contributed by atoms with Crippen molar-refractivity contribution in [1.29, 1.82) is 0 Å². The van der Waals surface area contributed by atoms with E-state index in [4.69, 9.17) is 5.73 Å². The Morgan fingerprint density at radius 2 is 2.29 bits per heavy atom. The third-order valence-electron chi connectivity index (χ3n) is 2.55.